The summed E-state index contributed by atoms with van der Waals surface area (Å²) in [5.74, 6) is -1.45. The van der Waals surface area contributed by atoms with Gasteiger partial charge in [0, 0.05) is 31.5 Å². The fourth-order valence-corrected chi connectivity index (χ4v) is 5.50. The van der Waals surface area contributed by atoms with Crippen LogP contribution < -0.4 is 5.32 Å². The maximum Gasteiger partial charge on any atom is 0.411 e. The number of likely N-dealkylation sites (tertiary alicyclic amines) is 2. The van der Waals surface area contributed by atoms with Crippen LogP contribution in [0, 0.1) is 5.92 Å². The number of benzene rings is 1. The first-order chi connectivity index (χ1) is 17.9. The Morgan fingerprint density at radius 2 is 1.63 bits per heavy atom. The molecule has 10 nitrogen and oxygen atoms in total. The largest absolute Gasteiger partial charge is 0.444 e. The molecule has 5 rings (SSSR count). The molecule has 5 amide bonds. The number of hydrogen-bond donors (Lipinski definition) is 1. The number of fused-ring (bicyclic) bond motifs is 1. The molecule has 3 aliphatic heterocycles. The molecular weight excluding hydrogens is 495 g/mol. The zero-order valence-corrected chi connectivity index (χ0v) is 21.8. The fourth-order valence-electron chi connectivity index (χ4n) is 5.50. The molecule has 1 aromatic carbocycles. The van der Waals surface area contributed by atoms with Gasteiger partial charge in [0.15, 0.2) is 0 Å². The van der Waals surface area contributed by atoms with Gasteiger partial charge in [0.25, 0.3) is 11.8 Å². The van der Waals surface area contributed by atoms with Crippen LogP contribution in [-0.2, 0) is 14.3 Å². The number of ether oxygens (including phenoxy) is 1. The van der Waals surface area contributed by atoms with Gasteiger partial charge < -0.3 is 15.0 Å². The van der Waals surface area contributed by atoms with E-state index in [1.54, 1.807) is 49.9 Å². The third kappa shape index (κ3) is 5.10. The van der Waals surface area contributed by atoms with Gasteiger partial charge in [-0.25, -0.2) is 9.18 Å². The van der Waals surface area contributed by atoms with Crippen LogP contribution in [0.15, 0.2) is 24.3 Å². The van der Waals surface area contributed by atoms with Crippen molar-refractivity contribution in [3.8, 4) is 0 Å². The number of carbonyl (C=O) groups is 5. The Balaban J connectivity index is 1.28. The molecule has 0 bridgehead atoms. The lowest BCUT2D eigenvalue weighted by molar-refractivity contribution is -0.134. The van der Waals surface area contributed by atoms with Crippen molar-refractivity contribution in [2.24, 2.45) is 5.92 Å². The molecule has 4 atom stereocenters. The molecule has 204 valence electrons. The summed E-state index contributed by atoms with van der Waals surface area (Å²) in [6, 6.07) is 4.65. The van der Waals surface area contributed by atoms with Crippen LogP contribution in [0.2, 0.25) is 0 Å². The average Bonchev–Trinajstić information content (AvgIpc) is 3.45. The summed E-state index contributed by atoms with van der Waals surface area (Å²) in [6.45, 7) is 5.10. The number of alkyl halides is 1. The molecule has 3 heterocycles. The maximum atomic E-state index is 14.3. The first kappa shape index (κ1) is 26.1. The number of rotatable bonds is 5. The summed E-state index contributed by atoms with van der Waals surface area (Å²) in [4.78, 5) is 68.7. The minimum absolute atomic E-state index is 0.0250. The topological polar surface area (TPSA) is 116 Å². The van der Waals surface area contributed by atoms with E-state index in [0.29, 0.717) is 17.5 Å². The number of nitrogens with one attached hydrogen (secondary N) is 1. The van der Waals surface area contributed by atoms with Crippen LogP contribution in [-0.4, -0.2) is 94.0 Å². The molecule has 1 aromatic rings. The highest BCUT2D eigenvalue weighted by atomic mass is 19.1. The van der Waals surface area contributed by atoms with E-state index in [1.807, 2.05) is 0 Å². The predicted molar refractivity (Wildman–Crippen MR) is 133 cm³/mol. The molecular formula is C27H33FN4O6. The standard InChI is InChI=1S/C27H33FN4O6/c1-27(2,3)38-26(37)31-12-16(28)10-21(31)22(33)29-17-11-18(30(13-17)23(34)15-8-9-15)14-32-24(35)19-6-4-5-7-20(19)25(32)36/h4-7,15-18,21H,8-14H2,1-3H3,(H,29,33)/t16-,17+,18+,21-/m0/s1. The number of halogens is 1. The summed E-state index contributed by atoms with van der Waals surface area (Å²) in [6.07, 6.45) is -0.334. The van der Waals surface area contributed by atoms with Crippen molar-refractivity contribution in [1.82, 2.24) is 20.0 Å². The summed E-state index contributed by atoms with van der Waals surface area (Å²) < 4.78 is 19.6. The van der Waals surface area contributed by atoms with Crippen LogP contribution in [0.25, 0.3) is 0 Å². The van der Waals surface area contributed by atoms with Gasteiger partial charge in [0.2, 0.25) is 11.8 Å². The molecule has 2 saturated heterocycles. The van der Waals surface area contributed by atoms with E-state index < -0.39 is 53.7 Å². The van der Waals surface area contributed by atoms with Gasteiger partial charge in [-0.15, -0.1) is 0 Å². The van der Waals surface area contributed by atoms with Gasteiger partial charge in [-0.2, -0.15) is 0 Å². The summed E-state index contributed by atoms with van der Waals surface area (Å²) >= 11 is 0. The molecule has 0 aromatic heterocycles. The van der Waals surface area contributed by atoms with Gasteiger partial charge in [-0.05, 0) is 52.2 Å². The van der Waals surface area contributed by atoms with Crippen molar-refractivity contribution in [2.45, 2.75) is 76.4 Å². The van der Waals surface area contributed by atoms with Crippen LogP contribution in [0.5, 0.6) is 0 Å². The quantitative estimate of drug-likeness (QED) is 0.586. The molecule has 1 N–H and O–H groups in total. The molecule has 0 spiro atoms. The van der Waals surface area contributed by atoms with Gasteiger partial charge in [0.1, 0.15) is 17.8 Å². The SMILES string of the molecule is CC(C)(C)OC(=O)N1C[C@@H](F)C[C@H]1C(=O)N[C@@H]1C[C@H](CN2C(=O)c3ccccc3C2=O)N(C(=O)C2CC2)C1. The second kappa shape index (κ2) is 9.67. The second-order valence-corrected chi connectivity index (χ2v) is 11.6. The molecule has 11 heteroatoms. The van der Waals surface area contributed by atoms with Gasteiger partial charge >= 0.3 is 6.09 Å². The van der Waals surface area contributed by atoms with Crippen LogP contribution >= 0.6 is 0 Å². The minimum atomic E-state index is -1.35. The zero-order chi connectivity index (χ0) is 27.4. The second-order valence-electron chi connectivity index (χ2n) is 11.6. The highest BCUT2D eigenvalue weighted by molar-refractivity contribution is 6.21. The lowest BCUT2D eigenvalue weighted by atomic mass is 10.1. The molecule has 4 aliphatic rings. The van der Waals surface area contributed by atoms with Crippen molar-refractivity contribution in [3.63, 3.8) is 0 Å². The monoisotopic (exact) mass is 528 g/mol. The molecule has 3 fully saturated rings. The average molecular weight is 529 g/mol. The Morgan fingerprint density at radius 1 is 1.00 bits per heavy atom. The third-order valence-electron chi connectivity index (χ3n) is 7.42. The molecule has 0 radical (unpaired) electrons. The summed E-state index contributed by atoms with van der Waals surface area (Å²) in [7, 11) is 0. The Bertz CT molecular complexity index is 1140. The van der Waals surface area contributed by atoms with E-state index in [1.165, 1.54) is 4.90 Å². The highest BCUT2D eigenvalue weighted by Crippen LogP contribution is 2.35. The molecule has 1 aliphatic carbocycles. The fraction of sp³-hybridized carbons (Fsp3) is 0.593. The Morgan fingerprint density at radius 3 is 2.21 bits per heavy atom. The normalized spacial score (nSPS) is 27.1. The van der Waals surface area contributed by atoms with Crippen molar-refractivity contribution in [3.05, 3.63) is 35.4 Å². The number of imide groups is 1. The Kier molecular flexibility index (Phi) is 6.65. The van der Waals surface area contributed by atoms with Crippen LogP contribution in [0.3, 0.4) is 0 Å². The van der Waals surface area contributed by atoms with E-state index in [0.717, 1.165) is 17.7 Å². The Hall–Kier alpha value is -3.50. The van der Waals surface area contributed by atoms with Crippen molar-refractivity contribution < 1.29 is 33.1 Å². The predicted octanol–water partition coefficient (Wildman–Crippen LogP) is 2.13. The van der Waals surface area contributed by atoms with Crippen LogP contribution in [0.1, 0.15) is 67.2 Å². The number of hydrogen-bond acceptors (Lipinski definition) is 6. The van der Waals surface area contributed by atoms with E-state index in [2.05, 4.69) is 5.32 Å². The minimum Gasteiger partial charge on any atom is -0.444 e. The van der Waals surface area contributed by atoms with Crippen molar-refractivity contribution in [2.75, 3.05) is 19.6 Å². The van der Waals surface area contributed by atoms with Gasteiger partial charge in [-0.3, -0.25) is 29.0 Å². The van der Waals surface area contributed by atoms with Crippen molar-refractivity contribution >= 4 is 29.7 Å². The van der Waals surface area contributed by atoms with E-state index in [-0.39, 0.29) is 37.9 Å². The first-order valence-electron chi connectivity index (χ1n) is 13.1. The lowest BCUT2D eigenvalue weighted by Gasteiger charge is -2.28. The maximum absolute atomic E-state index is 14.3. The number of nitrogens with zero attached hydrogens (tertiary/aromatic N) is 3. The molecule has 1 saturated carbocycles. The smallest absolute Gasteiger partial charge is 0.411 e. The zero-order valence-electron chi connectivity index (χ0n) is 21.8. The highest BCUT2D eigenvalue weighted by Gasteiger charge is 2.47. The molecule has 38 heavy (non-hydrogen) atoms. The Labute approximate surface area is 220 Å². The molecule has 0 unspecified atom stereocenters. The summed E-state index contributed by atoms with van der Waals surface area (Å²) in [5.41, 5.74) is -0.117. The third-order valence-corrected chi connectivity index (χ3v) is 7.42. The van der Waals surface area contributed by atoms with E-state index in [9.17, 15) is 28.4 Å². The summed E-state index contributed by atoms with van der Waals surface area (Å²) in [5, 5.41) is 2.89. The van der Waals surface area contributed by atoms with E-state index in [4.69, 9.17) is 4.74 Å². The number of carbonyl (C=O) groups excluding carboxylic acids is 5. The first-order valence-corrected chi connectivity index (χ1v) is 13.1. The van der Waals surface area contributed by atoms with Crippen molar-refractivity contribution in [1.29, 1.82) is 0 Å². The van der Waals surface area contributed by atoms with E-state index >= 15 is 0 Å². The number of amides is 5. The lowest BCUT2D eigenvalue weighted by Crippen LogP contribution is -2.50. The van der Waals surface area contributed by atoms with Gasteiger partial charge in [-0.1, -0.05) is 12.1 Å². The van der Waals surface area contributed by atoms with Crippen LogP contribution in [0.4, 0.5) is 9.18 Å². The van der Waals surface area contributed by atoms with Gasteiger partial charge in [0.05, 0.1) is 23.7 Å².